The molecule has 1 unspecified atom stereocenters. The number of piperidine rings is 1. The predicted molar refractivity (Wildman–Crippen MR) is 156 cm³/mol. The van der Waals surface area contributed by atoms with Gasteiger partial charge in [0.25, 0.3) is 0 Å². The Morgan fingerprint density at radius 3 is 2.26 bits per heavy atom. The summed E-state index contributed by atoms with van der Waals surface area (Å²) in [4.78, 5) is 26.7. The Bertz CT molecular complexity index is 795. The number of nitrogens with zero attached hydrogens (tertiary/aromatic N) is 1. The molecule has 0 spiro atoms. The largest absolute Gasteiger partial charge is 0.469 e. The number of carbonyl (C=O) groups excluding carboxylic acids is 2. The molecule has 2 heterocycles. The molecule has 0 N–H and O–H groups in total. The molecular formula is C33H55NO4. The summed E-state index contributed by atoms with van der Waals surface area (Å²) in [5.74, 6) is 0.857. The lowest BCUT2D eigenvalue weighted by Gasteiger charge is -2.40. The third kappa shape index (κ3) is 10.4. The second-order valence-electron chi connectivity index (χ2n) is 11.9. The normalized spacial score (nSPS) is 23.4. The number of ether oxygens (including phenoxy) is 2. The fraction of sp³-hybridized carbons (Fsp3) is 0.758. The maximum absolute atomic E-state index is 12.3. The van der Waals surface area contributed by atoms with Gasteiger partial charge < -0.3 is 9.47 Å². The standard InChI is InChI=1S/C17H21NO4.C16H34/c1-18-12-8-9-13(18)15(17(20)21-2)14(10-12)22-16(19)11-6-4-3-5-7-11;1-5-7-8-9-13-16(11-6-2)14-10-12-15(3)4/h3-7,12-15H,8-10H2,1-2H3;15-16H,5-14H2,1-4H3/t12-,13+,14-,15+;/m0./s1. The van der Waals surface area contributed by atoms with E-state index in [0.717, 1.165) is 24.7 Å². The van der Waals surface area contributed by atoms with E-state index in [9.17, 15) is 9.59 Å². The second kappa shape index (κ2) is 17.7. The van der Waals surface area contributed by atoms with E-state index in [1.54, 1.807) is 24.3 Å². The first-order valence-electron chi connectivity index (χ1n) is 15.4. The van der Waals surface area contributed by atoms with E-state index in [-0.39, 0.29) is 18.0 Å². The average molecular weight is 530 g/mol. The van der Waals surface area contributed by atoms with Gasteiger partial charge in [0.2, 0.25) is 0 Å². The monoisotopic (exact) mass is 529 g/mol. The highest BCUT2D eigenvalue weighted by atomic mass is 16.6. The molecule has 5 heteroatoms. The topological polar surface area (TPSA) is 55.8 Å². The minimum Gasteiger partial charge on any atom is -0.469 e. The number of fused-ring (bicyclic) bond motifs is 2. The zero-order valence-electron chi connectivity index (χ0n) is 25.1. The van der Waals surface area contributed by atoms with Crippen LogP contribution in [-0.2, 0) is 14.3 Å². The lowest BCUT2D eigenvalue weighted by atomic mass is 9.87. The van der Waals surface area contributed by atoms with E-state index in [1.165, 1.54) is 71.3 Å². The minimum atomic E-state index is -0.408. The van der Waals surface area contributed by atoms with Crippen LogP contribution in [0.25, 0.3) is 0 Å². The number of hydrogen-bond donors (Lipinski definition) is 0. The Balaban J connectivity index is 0.000000284. The summed E-state index contributed by atoms with van der Waals surface area (Å²) < 4.78 is 10.6. The SMILES string of the molecule is CCCCCCC(CCC)CCCC(C)C.COC(=O)[C@H]1[C@@H](OC(=O)c2ccccc2)C[C@@H]2CC[C@H]1N2C. The van der Waals surface area contributed by atoms with E-state index < -0.39 is 12.0 Å². The van der Waals surface area contributed by atoms with Crippen LogP contribution in [-0.4, -0.2) is 49.2 Å². The molecule has 0 aromatic heterocycles. The van der Waals surface area contributed by atoms with E-state index in [0.29, 0.717) is 18.0 Å². The molecule has 2 aliphatic rings. The Hall–Kier alpha value is -1.88. The van der Waals surface area contributed by atoms with Gasteiger partial charge in [-0.05, 0) is 43.9 Å². The summed E-state index contributed by atoms with van der Waals surface area (Å²) in [6, 6.07) is 9.36. The van der Waals surface area contributed by atoms with Gasteiger partial charge in [0.1, 0.15) is 12.0 Å². The van der Waals surface area contributed by atoms with Gasteiger partial charge >= 0.3 is 11.9 Å². The molecule has 2 fully saturated rings. The Labute approximate surface area is 233 Å². The molecule has 3 rings (SSSR count). The molecule has 5 atom stereocenters. The van der Waals surface area contributed by atoms with E-state index in [1.807, 2.05) is 13.1 Å². The summed E-state index contributed by atoms with van der Waals surface area (Å²) in [6.07, 6.45) is 16.7. The van der Waals surface area contributed by atoms with Gasteiger partial charge in [-0.15, -0.1) is 0 Å². The maximum Gasteiger partial charge on any atom is 0.338 e. The lowest BCUT2D eigenvalue weighted by molar-refractivity contribution is -0.156. The first kappa shape index (κ1) is 32.3. The molecule has 216 valence electrons. The predicted octanol–water partition coefficient (Wildman–Crippen LogP) is 8.07. The molecule has 5 nitrogen and oxygen atoms in total. The van der Waals surface area contributed by atoms with Gasteiger partial charge in [-0.2, -0.15) is 0 Å². The second-order valence-corrected chi connectivity index (χ2v) is 11.9. The van der Waals surface area contributed by atoms with Crippen LogP contribution in [0.4, 0.5) is 0 Å². The quantitative estimate of drug-likeness (QED) is 0.180. The smallest absolute Gasteiger partial charge is 0.338 e. The van der Waals surface area contributed by atoms with Gasteiger partial charge in [0.05, 0.1) is 12.7 Å². The van der Waals surface area contributed by atoms with Crippen molar-refractivity contribution < 1.29 is 19.1 Å². The number of unbranched alkanes of at least 4 members (excludes halogenated alkanes) is 3. The molecule has 0 radical (unpaired) electrons. The Morgan fingerprint density at radius 2 is 1.63 bits per heavy atom. The van der Waals surface area contributed by atoms with Crippen molar-refractivity contribution in [1.82, 2.24) is 4.90 Å². The number of carbonyl (C=O) groups is 2. The van der Waals surface area contributed by atoms with E-state index in [2.05, 4.69) is 32.6 Å². The highest BCUT2D eigenvalue weighted by Crippen LogP contribution is 2.40. The van der Waals surface area contributed by atoms with Crippen LogP contribution in [0, 0.1) is 17.8 Å². The summed E-state index contributed by atoms with van der Waals surface area (Å²) in [6.45, 7) is 9.32. The molecule has 2 saturated heterocycles. The number of benzene rings is 1. The summed E-state index contributed by atoms with van der Waals surface area (Å²) in [5, 5.41) is 0. The van der Waals surface area contributed by atoms with Crippen molar-refractivity contribution in [3.63, 3.8) is 0 Å². The maximum atomic E-state index is 12.3. The fourth-order valence-corrected chi connectivity index (χ4v) is 6.28. The summed E-state index contributed by atoms with van der Waals surface area (Å²) in [5.41, 5.74) is 0.511. The van der Waals surface area contributed by atoms with Crippen LogP contribution >= 0.6 is 0 Å². The molecule has 38 heavy (non-hydrogen) atoms. The van der Waals surface area contributed by atoms with Crippen molar-refractivity contribution in [1.29, 1.82) is 0 Å². The number of esters is 2. The zero-order chi connectivity index (χ0) is 27.9. The van der Waals surface area contributed by atoms with Gasteiger partial charge in [-0.1, -0.05) is 110 Å². The molecule has 0 saturated carbocycles. The van der Waals surface area contributed by atoms with Crippen LogP contribution in [0.15, 0.2) is 30.3 Å². The average Bonchev–Trinajstić information content (AvgIpc) is 3.14. The van der Waals surface area contributed by atoms with Crippen LogP contribution in [0.1, 0.15) is 122 Å². The van der Waals surface area contributed by atoms with Crippen molar-refractivity contribution in [3.8, 4) is 0 Å². The van der Waals surface area contributed by atoms with E-state index in [4.69, 9.17) is 9.47 Å². The van der Waals surface area contributed by atoms with Crippen molar-refractivity contribution in [2.24, 2.45) is 17.8 Å². The molecule has 1 aromatic rings. The van der Waals surface area contributed by atoms with Gasteiger partial charge in [-0.25, -0.2) is 4.79 Å². The molecular weight excluding hydrogens is 474 g/mol. The first-order valence-corrected chi connectivity index (χ1v) is 15.4. The van der Waals surface area contributed by atoms with Crippen LogP contribution in [0.3, 0.4) is 0 Å². The Kier molecular flexibility index (Phi) is 15.0. The van der Waals surface area contributed by atoms with Crippen molar-refractivity contribution in [2.75, 3.05) is 14.2 Å². The van der Waals surface area contributed by atoms with Crippen LogP contribution in [0.5, 0.6) is 0 Å². The third-order valence-corrected chi connectivity index (χ3v) is 8.51. The van der Waals surface area contributed by atoms with Crippen molar-refractivity contribution in [3.05, 3.63) is 35.9 Å². The highest BCUT2D eigenvalue weighted by Gasteiger charge is 2.51. The van der Waals surface area contributed by atoms with E-state index >= 15 is 0 Å². The summed E-state index contributed by atoms with van der Waals surface area (Å²) >= 11 is 0. The van der Waals surface area contributed by atoms with Crippen molar-refractivity contribution in [2.45, 2.75) is 129 Å². The first-order chi connectivity index (χ1) is 18.3. The van der Waals surface area contributed by atoms with Crippen LogP contribution < -0.4 is 0 Å². The minimum absolute atomic E-state index is 0.0970. The number of rotatable bonds is 14. The molecule has 0 amide bonds. The molecule has 2 aliphatic heterocycles. The summed E-state index contributed by atoms with van der Waals surface area (Å²) in [7, 11) is 3.42. The fourth-order valence-electron chi connectivity index (χ4n) is 6.28. The van der Waals surface area contributed by atoms with Gasteiger partial charge in [0, 0.05) is 18.5 Å². The zero-order valence-corrected chi connectivity index (χ0v) is 25.1. The Morgan fingerprint density at radius 1 is 0.921 bits per heavy atom. The molecule has 1 aromatic carbocycles. The number of methoxy groups -OCH3 is 1. The molecule has 2 bridgehead atoms. The number of hydrogen-bond acceptors (Lipinski definition) is 5. The highest BCUT2D eigenvalue weighted by molar-refractivity contribution is 5.89. The molecule has 0 aliphatic carbocycles. The lowest BCUT2D eigenvalue weighted by Crippen LogP contribution is -2.53. The van der Waals surface area contributed by atoms with Gasteiger partial charge in [0.15, 0.2) is 0 Å². The third-order valence-electron chi connectivity index (χ3n) is 8.51. The van der Waals surface area contributed by atoms with Crippen LogP contribution in [0.2, 0.25) is 0 Å². The van der Waals surface area contributed by atoms with Crippen molar-refractivity contribution >= 4 is 11.9 Å². The van der Waals surface area contributed by atoms with Gasteiger partial charge in [-0.3, -0.25) is 9.69 Å².